The molecule has 2 heterocycles. The van der Waals surface area contributed by atoms with Crippen LogP contribution in [0.5, 0.6) is 0 Å². The van der Waals surface area contributed by atoms with Gasteiger partial charge in [0.15, 0.2) is 5.96 Å². The molecule has 6 heteroatoms. The number of aliphatic imine (C=N–C) groups is 1. The first-order chi connectivity index (χ1) is 11.6. The Balaban J connectivity index is 1.92. The van der Waals surface area contributed by atoms with Crippen molar-refractivity contribution in [2.45, 2.75) is 46.1 Å². The highest BCUT2D eigenvalue weighted by molar-refractivity contribution is 7.11. The lowest BCUT2D eigenvalue weighted by molar-refractivity contribution is 0.464. The molecule has 2 aromatic rings. The Morgan fingerprint density at radius 3 is 2.92 bits per heavy atom. The fourth-order valence-corrected chi connectivity index (χ4v) is 2.99. The summed E-state index contributed by atoms with van der Waals surface area (Å²) in [5.41, 5.74) is 0. The molecule has 0 aromatic carbocycles. The molecule has 2 aromatic heterocycles. The number of aromatic nitrogens is 1. The Morgan fingerprint density at radius 1 is 1.46 bits per heavy atom. The Hall–Kier alpha value is -1.82. The van der Waals surface area contributed by atoms with Gasteiger partial charge >= 0.3 is 0 Å². The number of nitrogens with one attached hydrogen (secondary N) is 1. The number of thiazole rings is 1. The van der Waals surface area contributed by atoms with Crippen LogP contribution in [0.15, 0.2) is 34.0 Å². The van der Waals surface area contributed by atoms with Crippen molar-refractivity contribution >= 4 is 17.3 Å². The first-order valence-corrected chi connectivity index (χ1v) is 9.36. The minimum Gasteiger partial charge on any atom is -0.469 e. The van der Waals surface area contributed by atoms with Gasteiger partial charge in [-0.15, -0.1) is 11.3 Å². The van der Waals surface area contributed by atoms with Crippen LogP contribution in [-0.2, 0) is 12.8 Å². The van der Waals surface area contributed by atoms with E-state index in [1.807, 2.05) is 18.3 Å². The predicted molar refractivity (Wildman–Crippen MR) is 101 cm³/mol. The second-order valence-corrected chi connectivity index (χ2v) is 7.34. The molecule has 0 aliphatic rings. The van der Waals surface area contributed by atoms with Gasteiger partial charge < -0.3 is 14.6 Å². The monoisotopic (exact) mass is 348 g/mol. The van der Waals surface area contributed by atoms with Crippen molar-refractivity contribution in [3.63, 3.8) is 0 Å². The van der Waals surface area contributed by atoms with Crippen LogP contribution >= 0.6 is 11.3 Å². The summed E-state index contributed by atoms with van der Waals surface area (Å²) in [6.45, 7) is 8.07. The zero-order valence-corrected chi connectivity index (χ0v) is 15.9. The van der Waals surface area contributed by atoms with E-state index in [9.17, 15) is 0 Å². The summed E-state index contributed by atoms with van der Waals surface area (Å²) in [5.74, 6) is 1.92. The van der Waals surface area contributed by atoms with Gasteiger partial charge in [0.25, 0.3) is 0 Å². The van der Waals surface area contributed by atoms with Gasteiger partial charge in [-0.25, -0.2) is 4.98 Å². The molecule has 1 N–H and O–H groups in total. The lowest BCUT2D eigenvalue weighted by atomic mass is 10.2. The quantitative estimate of drug-likeness (QED) is 0.586. The first kappa shape index (κ1) is 18.5. The maximum Gasteiger partial charge on any atom is 0.193 e. The molecule has 0 aliphatic heterocycles. The second kappa shape index (κ2) is 9.47. The highest BCUT2D eigenvalue weighted by Gasteiger charge is 2.10. The third kappa shape index (κ3) is 6.00. The minimum absolute atomic E-state index is 0.400. The van der Waals surface area contributed by atoms with E-state index < -0.39 is 0 Å². The summed E-state index contributed by atoms with van der Waals surface area (Å²) < 4.78 is 5.38. The molecule has 0 bridgehead atoms. The van der Waals surface area contributed by atoms with Gasteiger partial charge in [-0.3, -0.25) is 4.99 Å². The van der Waals surface area contributed by atoms with Crippen LogP contribution in [0, 0.1) is 6.92 Å². The number of furan rings is 1. The molecule has 0 fully saturated rings. The molecule has 0 amide bonds. The van der Waals surface area contributed by atoms with Crippen molar-refractivity contribution in [1.29, 1.82) is 0 Å². The minimum atomic E-state index is 0.400. The maximum atomic E-state index is 5.38. The van der Waals surface area contributed by atoms with Crippen LogP contribution in [-0.4, -0.2) is 42.0 Å². The number of hydrogen-bond acceptors (Lipinski definition) is 4. The lowest BCUT2D eigenvalue weighted by Gasteiger charge is -2.25. The van der Waals surface area contributed by atoms with Crippen LogP contribution in [0.2, 0.25) is 0 Å². The van der Waals surface area contributed by atoms with Gasteiger partial charge in [0.05, 0.1) is 11.3 Å². The highest BCUT2D eigenvalue weighted by Crippen LogP contribution is 2.12. The summed E-state index contributed by atoms with van der Waals surface area (Å²) in [7, 11) is 2.08. The van der Waals surface area contributed by atoms with E-state index >= 15 is 0 Å². The summed E-state index contributed by atoms with van der Waals surface area (Å²) in [6, 6.07) is 4.31. The molecule has 24 heavy (non-hydrogen) atoms. The Morgan fingerprint density at radius 2 is 2.29 bits per heavy atom. The third-order valence-electron chi connectivity index (χ3n) is 3.88. The van der Waals surface area contributed by atoms with Crippen molar-refractivity contribution in [2.24, 2.45) is 4.99 Å². The van der Waals surface area contributed by atoms with Crippen molar-refractivity contribution in [3.05, 3.63) is 40.2 Å². The fourth-order valence-electron chi connectivity index (χ4n) is 2.21. The molecule has 0 saturated heterocycles. The molecule has 5 nitrogen and oxygen atoms in total. The van der Waals surface area contributed by atoms with Gasteiger partial charge in [0.1, 0.15) is 5.76 Å². The van der Waals surface area contributed by atoms with Gasteiger partial charge in [-0.1, -0.05) is 6.92 Å². The molecular formula is C18H28N4OS. The molecule has 1 unspecified atom stereocenters. The first-order valence-electron chi connectivity index (χ1n) is 8.54. The Labute approximate surface area is 148 Å². The average molecular weight is 349 g/mol. The summed E-state index contributed by atoms with van der Waals surface area (Å²) in [6.07, 6.45) is 6.47. The van der Waals surface area contributed by atoms with E-state index in [1.165, 1.54) is 9.88 Å². The third-order valence-corrected chi connectivity index (χ3v) is 4.85. The van der Waals surface area contributed by atoms with Crippen LogP contribution in [0.1, 0.15) is 35.9 Å². The predicted octanol–water partition coefficient (Wildman–Crippen LogP) is 3.51. The zero-order valence-electron chi connectivity index (χ0n) is 15.1. The summed E-state index contributed by atoms with van der Waals surface area (Å²) in [5, 5.41) is 4.69. The number of nitrogens with zero attached hydrogens (tertiary/aromatic N) is 3. The maximum absolute atomic E-state index is 5.38. The zero-order chi connectivity index (χ0) is 17.4. The van der Waals surface area contributed by atoms with Crippen molar-refractivity contribution < 1.29 is 4.42 Å². The van der Waals surface area contributed by atoms with Crippen molar-refractivity contribution in [1.82, 2.24) is 15.2 Å². The number of rotatable bonds is 8. The fraction of sp³-hybridized carbons (Fsp3) is 0.556. The summed E-state index contributed by atoms with van der Waals surface area (Å²) >= 11 is 1.77. The van der Waals surface area contributed by atoms with Gasteiger partial charge in [0, 0.05) is 50.1 Å². The largest absolute Gasteiger partial charge is 0.469 e. The van der Waals surface area contributed by atoms with E-state index in [0.29, 0.717) is 12.6 Å². The standard InChI is InChI=1S/C18H28N4OS/c1-5-14(2)21-18(19-10-8-16-7-6-12-23-16)22(4)11-9-17-20-13-15(3)24-17/h6-7,12-14H,5,8-11H2,1-4H3,(H,19,21). The Bertz CT molecular complexity index is 621. The van der Waals surface area contributed by atoms with Crippen LogP contribution in [0.3, 0.4) is 0 Å². The van der Waals surface area contributed by atoms with Crippen molar-refractivity contribution in [3.8, 4) is 0 Å². The molecular weight excluding hydrogens is 320 g/mol. The molecule has 0 spiro atoms. The smallest absolute Gasteiger partial charge is 0.193 e. The number of likely N-dealkylation sites (N-methyl/N-ethyl adjacent to an activating group) is 1. The van der Waals surface area contributed by atoms with Crippen molar-refractivity contribution in [2.75, 3.05) is 20.1 Å². The van der Waals surface area contributed by atoms with E-state index in [0.717, 1.165) is 37.5 Å². The van der Waals surface area contributed by atoms with E-state index in [1.54, 1.807) is 17.6 Å². The lowest BCUT2D eigenvalue weighted by Crippen LogP contribution is -2.44. The van der Waals surface area contributed by atoms with E-state index in [2.05, 4.69) is 43.0 Å². The van der Waals surface area contributed by atoms with Crippen LogP contribution in [0.25, 0.3) is 0 Å². The SMILES string of the molecule is CCC(C)NC(=NCCc1ccco1)N(C)CCc1ncc(C)s1. The van der Waals surface area contributed by atoms with Gasteiger partial charge in [-0.05, 0) is 32.4 Å². The number of hydrogen-bond donors (Lipinski definition) is 1. The normalized spacial score (nSPS) is 13.1. The number of aryl methyl sites for hydroxylation is 1. The molecule has 0 radical (unpaired) electrons. The number of guanidine groups is 1. The van der Waals surface area contributed by atoms with E-state index in [-0.39, 0.29) is 0 Å². The molecule has 0 aliphatic carbocycles. The van der Waals surface area contributed by atoms with Gasteiger partial charge in [0.2, 0.25) is 0 Å². The van der Waals surface area contributed by atoms with Crippen LogP contribution in [0.4, 0.5) is 0 Å². The topological polar surface area (TPSA) is 53.7 Å². The molecule has 2 rings (SSSR count). The van der Waals surface area contributed by atoms with E-state index in [4.69, 9.17) is 9.41 Å². The second-order valence-electron chi connectivity index (χ2n) is 6.02. The average Bonchev–Trinajstić information content (AvgIpc) is 3.23. The van der Waals surface area contributed by atoms with Crippen LogP contribution < -0.4 is 5.32 Å². The Kier molecular flexibility index (Phi) is 7.31. The summed E-state index contributed by atoms with van der Waals surface area (Å²) in [4.78, 5) is 12.6. The van der Waals surface area contributed by atoms with Gasteiger partial charge in [-0.2, -0.15) is 0 Å². The molecule has 132 valence electrons. The molecule has 0 saturated carbocycles. The molecule has 1 atom stereocenters. The highest BCUT2D eigenvalue weighted by atomic mass is 32.1.